The van der Waals surface area contributed by atoms with E-state index in [1.54, 1.807) is 12.1 Å². The smallest absolute Gasteiger partial charge is 0.251 e. The fourth-order valence-corrected chi connectivity index (χ4v) is 2.78. The Morgan fingerprint density at radius 3 is 2.73 bits per heavy atom. The van der Waals surface area contributed by atoms with Crippen molar-refractivity contribution in [1.29, 1.82) is 0 Å². The molecule has 0 bridgehead atoms. The van der Waals surface area contributed by atoms with Crippen molar-refractivity contribution in [1.82, 2.24) is 16.0 Å². The molecule has 0 saturated carbocycles. The first-order valence-corrected chi connectivity index (χ1v) is 8.42. The van der Waals surface area contributed by atoms with Crippen LogP contribution >= 0.6 is 15.9 Å². The van der Waals surface area contributed by atoms with Crippen LogP contribution in [0.25, 0.3) is 0 Å². The highest BCUT2D eigenvalue weighted by Crippen LogP contribution is 2.10. The van der Waals surface area contributed by atoms with Gasteiger partial charge < -0.3 is 16.0 Å². The van der Waals surface area contributed by atoms with Crippen LogP contribution in [0.15, 0.2) is 28.7 Å². The highest BCUT2D eigenvalue weighted by Gasteiger charge is 2.22. The van der Waals surface area contributed by atoms with Crippen LogP contribution in [-0.2, 0) is 4.79 Å². The van der Waals surface area contributed by atoms with E-state index in [9.17, 15) is 9.59 Å². The largest absolute Gasteiger partial charge is 0.352 e. The highest BCUT2D eigenvalue weighted by atomic mass is 79.9. The van der Waals surface area contributed by atoms with E-state index in [2.05, 4.69) is 38.8 Å². The summed E-state index contributed by atoms with van der Waals surface area (Å²) in [5.41, 5.74) is 0.591. The Morgan fingerprint density at radius 1 is 1.32 bits per heavy atom. The molecule has 2 unspecified atom stereocenters. The van der Waals surface area contributed by atoms with Crippen LogP contribution in [0.2, 0.25) is 0 Å². The maximum Gasteiger partial charge on any atom is 0.251 e. The molecule has 1 aliphatic heterocycles. The molecule has 120 valence electrons. The molecule has 1 aromatic rings. The molecule has 6 heteroatoms. The van der Waals surface area contributed by atoms with E-state index in [0.717, 1.165) is 23.9 Å². The van der Waals surface area contributed by atoms with Crippen LogP contribution in [-0.4, -0.2) is 37.0 Å². The molecule has 0 aliphatic carbocycles. The highest BCUT2D eigenvalue weighted by molar-refractivity contribution is 9.10. The van der Waals surface area contributed by atoms with Crippen molar-refractivity contribution in [2.75, 3.05) is 13.1 Å². The Morgan fingerprint density at radius 2 is 2.05 bits per heavy atom. The van der Waals surface area contributed by atoms with Gasteiger partial charge in [0.05, 0.1) is 0 Å². The molecule has 0 aromatic heterocycles. The summed E-state index contributed by atoms with van der Waals surface area (Å²) in [4.78, 5) is 23.8. The van der Waals surface area contributed by atoms with Crippen molar-refractivity contribution in [3.8, 4) is 0 Å². The second kappa shape index (κ2) is 8.29. The quantitative estimate of drug-likeness (QED) is 0.743. The molecule has 1 aromatic carbocycles. The monoisotopic (exact) mass is 367 g/mol. The van der Waals surface area contributed by atoms with Gasteiger partial charge in [0.25, 0.3) is 5.91 Å². The van der Waals surface area contributed by atoms with E-state index < -0.39 is 0 Å². The maximum absolute atomic E-state index is 11.9. The first-order valence-electron chi connectivity index (χ1n) is 7.63. The van der Waals surface area contributed by atoms with E-state index in [1.807, 2.05) is 12.1 Å². The lowest BCUT2D eigenvalue weighted by atomic mass is 10.00. The summed E-state index contributed by atoms with van der Waals surface area (Å²) in [6, 6.07) is 7.61. The van der Waals surface area contributed by atoms with Gasteiger partial charge in [-0.15, -0.1) is 0 Å². The maximum atomic E-state index is 11.9. The van der Waals surface area contributed by atoms with Gasteiger partial charge in [0.1, 0.15) is 0 Å². The summed E-state index contributed by atoms with van der Waals surface area (Å²) >= 11 is 3.33. The molecule has 22 heavy (non-hydrogen) atoms. The fraction of sp³-hybridized carbons (Fsp3) is 0.500. The van der Waals surface area contributed by atoms with E-state index in [1.165, 1.54) is 0 Å². The number of carbonyl (C=O) groups excluding carboxylic acids is 2. The van der Waals surface area contributed by atoms with Crippen molar-refractivity contribution >= 4 is 27.7 Å². The Bertz CT molecular complexity index is 519. The van der Waals surface area contributed by atoms with Gasteiger partial charge in [0.15, 0.2) is 0 Å². The standard InChI is InChI=1S/C16H22BrN3O2/c1-11-14(3-2-9-18-11)20-15(21)8-10-19-16(22)12-4-6-13(17)7-5-12/h4-7,11,14,18H,2-3,8-10H2,1H3,(H,19,22)(H,20,21). The normalized spacial score (nSPS) is 21.2. The second-order valence-corrected chi connectivity index (χ2v) is 6.49. The third kappa shape index (κ3) is 5.10. The second-order valence-electron chi connectivity index (χ2n) is 5.57. The summed E-state index contributed by atoms with van der Waals surface area (Å²) < 4.78 is 0.929. The minimum atomic E-state index is -0.159. The molecular formula is C16H22BrN3O2. The first-order chi connectivity index (χ1) is 10.6. The number of rotatable bonds is 5. The first kappa shape index (κ1) is 17.0. The van der Waals surface area contributed by atoms with Gasteiger partial charge >= 0.3 is 0 Å². The fourth-order valence-electron chi connectivity index (χ4n) is 2.51. The zero-order chi connectivity index (χ0) is 15.9. The van der Waals surface area contributed by atoms with Gasteiger partial charge in [-0.25, -0.2) is 0 Å². The minimum Gasteiger partial charge on any atom is -0.352 e. The summed E-state index contributed by atoms with van der Waals surface area (Å²) in [6.07, 6.45) is 2.38. The number of carbonyl (C=O) groups is 2. The van der Waals surface area contributed by atoms with E-state index in [4.69, 9.17) is 0 Å². The third-order valence-electron chi connectivity index (χ3n) is 3.85. The van der Waals surface area contributed by atoms with Crippen LogP contribution in [0.1, 0.15) is 36.5 Å². The number of hydrogen-bond donors (Lipinski definition) is 3. The Hall–Kier alpha value is -1.40. The van der Waals surface area contributed by atoms with Crippen LogP contribution in [0, 0.1) is 0 Å². The summed E-state index contributed by atoms with van der Waals surface area (Å²) in [5.74, 6) is -0.176. The number of nitrogens with one attached hydrogen (secondary N) is 3. The molecule has 2 amide bonds. The van der Waals surface area contributed by atoms with Gasteiger partial charge in [-0.2, -0.15) is 0 Å². The molecule has 1 saturated heterocycles. The summed E-state index contributed by atoms with van der Waals surface area (Å²) in [5, 5.41) is 9.15. The molecular weight excluding hydrogens is 346 g/mol. The number of benzene rings is 1. The molecule has 2 rings (SSSR count). The van der Waals surface area contributed by atoms with Crippen molar-refractivity contribution in [2.24, 2.45) is 0 Å². The van der Waals surface area contributed by atoms with Gasteiger partial charge in [-0.1, -0.05) is 15.9 Å². The lowest BCUT2D eigenvalue weighted by Crippen LogP contribution is -2.52. The average molecular weight is 368 g/mol. The molecule has 2 atom stereocenters. The van der Waals surface area contributed by atoms with E-state index >= 15 is 0 Å². The SMILES string of the molecule is CC1NCCCC1NC(=O)CCNC(=O)c1ccc(Br)cc1. The zero-order valence-electron chi connectivity index (χ0n) is 12.7. The van der Waals surface area contributed by atoms with Crippen molar-refractivity contribution in [3.63, 3.8) is 0 Å². The average Bonchev–Trinajstić information content (AvgIpc) is 2.50. The Labute approximate surface area is 139 Å². The van der Waals surface area contributed by atoms with Crippen LogP contribution in [0.5, 0.6) is 0 Å². The minimum absolute atomic E-state index is 0.0170. The van der Waals surface area contributed by atoms with Crippen LogP contribution in [0.3, 0.4) is 0 Å². The molecule has 0 spiro atoms. The van der Waals surface area contributed by atoms with Gasteiger partial charge in [0.2, 0.25) is 5.91 Å². The molecule has 5 nitrogen and oxygen atoms in total. The molecule has 3 N–H and O–H groups in total. The van der Waals surface area contributed by atoms with Crippen molar-refractivity contribution < 1.29 is 9.59 Å². The Kier molecular flexibility index (Phi) is 6.39. The third-order valence-corrected chi connectivity index (χ3v) is 4.38. The number of hydrogen-bond acceptors (Lipinski definition) is 3. The summed E-state index contributed by atoms with van der Waals surface area (Å²) in [6.45, 7) is 3.44. The zero-order valence-corrected chi connectivity index (χ0v) is 14.3. The van der Waals surface area contributed by atoms with E-state index in [-0.39, 0.29) is 17.9 Å². The van der Waals surface area contributed by atoms with Gasteiger partial charge in [-0.3, -0.25) is 9.59 Å². The number of piperidine rings is 1. The molecule has 1 fully saturated rings. The lowest BCUT2D eigenvalue weighted by Gasteiger charge is -2.30. The van der Waals surface area contributed by atoms with Gasteiger partial charge in [-0.05, 0) is 50.6 Å². The summed E-state index contributed by atoms with van der Waals surface area (Å²) in [7, 11) is 0. The number of amides is 2. The predicted molar refractivity (Wildman–Crippen MR) is 89.7 cm³/mol. The molecule has 1 heterocycles. The van der Waals surface area contributed by atoms with Gasteiger partial charge in [0, 0.05) is 35.1 Å². The van der Waals surface area contributed by atoms with Crippen LogP contribution < -0.4 is 16.0 Å². The van der Waals surface area contributed by atoms with E-state index in [0.29, 0.717) is 24.6 Å². The van der Waals surface area contributed by atoms with Crippen molar-refractivity contribution in [2.45, 2.75) is 38.3 Å². The Balaban J connectivity index is 1.70. The predicted octanol–water partition coefficient (Wildman–Crippen LogP) is 1.83. The number of halogens is 1. The lowest BCUT2D eigenvalue weighted by molar-refractivity contribution is -0.122. The van der Waals surface area contributed by atoms with Crippen LogP contribution in [0.4, 0.5) is 0 Å². The molecule has 1 aliphatic rings. The topological polar surface area (TPSA) is 70.2 Å². The molecule has 0 radical (unpaired) electrons. The van der Waals surface area contributed by atoms with Crippen molar-refractivity contribution in [3.05, 3.63) is 34.3 Å².